The van der Waals surface area contributed by atoms with Crippen LogP contribution in [0.25, 0.3) is 0 Å². The second-order valence-corrected chi connectivity index (χ2v) is 6.02. The minimum atomic E-state index is -3.61. The van der Waals surface area contributed by atoms with E-state index in [0.29, 0.717) is 6.04 Å². The molecule has 0 atom stereocenters. The summed E-state index contributed by atoms with van der Waals surface area (Å²) in [6, 6.07) is 5.27. The Morgan fingerprint density at radius 1 is 1.40 bits per heavy atom. The van der Waals surface area contributed by atoms with Crippen molar-refractivity contribution in [3.8, 4) is 0 Å². The molecule has 1 aromatic rings. The predicted octanol–water partition coefficient (Wildman–Crippen LogP) is 1.67. The quantitative estimate of drug-likeness (QED) is 0.889. The van der Waals surface area contributed by atoms with Gasteiger partial charge in [-0.1, -0.05) is 0 Å². The lowest BCUT2D eigenvalue weighted by Gasteiger charge is -2.08. The lowest BCUT2D eigenvalue weighted by atomic mass is 10.3. The standard InChI is InChI=1S/C9H11BrN2O2S/c10-8-5-7(15(11,13)14)3-4-9(8)12-6-1-2-6/h3-6,12H,1-2H2,(H2,11,13,14). The van der Waals surface area contributed by atoms with E-state index in [1.807, 2.05) is 0 Å². The Bertz CT molecular complexity index is 483. The highest BCUT2D eigenvalue weighted by molar-refractivity contribution is 9.10. The normalized spacial score (nSPS) is 16.4. The zero-order chi connectivity index (χ0) is 11.1. The first-order valence-corrected chi connectivity index (χ1v) is 6.89. The largest absolute Gasteiger partial charge is 0.381 e. The molecule has 4 nitrogen and oxygen atoms in total. The summed E-state index contributed by atoms with van der Waals surface area (Å²) in [5.74, 6) is 0. The van der Waals surface area contributed by atoms with Gasteiger partial charge in [-0.05, 0) is 47.0 Å². The maximum Gasteiger partial charge on any atom is 0.238 e. The van der Waals surface area contributed by atoms with Crippen LogP contribution in [0.5, 0.6) is 0 Å². The van der Waals surface area contributed by atoms with Gasteiger partial charge in [-0.3, -0.25) is 0 Å². The van der Waals surface area contributed by atoms with Gasteiger partial charge in [-0.2, -0.15) is 0 Å². The lowest BCUT2D eigenvalue weighted by molar-refractivity contribution is 0.598. The average molecular weight is 291 g/mol. The maximum atomic E-state index is 11.1. The summed E-state index contributed by atoms with van der Waals surface area (Å²) in [6.45, 7) is 0. The van der Waals surface area contributed by atoms with E-state index < -0.39 is 10.0 Å². The first kappa shape index (κ1) is 10.9. The highest BCUT2D eigenvalue weighted by atomic mass is 79.9. The summed E-state index contributed by atoms with van der Waals surface area (Å²) in [5.41, 5.74) is 0.907. The van der Waals surface area contributed by atoms with Crippen LogP contribution in [0.3, 0.4) is 0 Å². The van der Waals surface area contributed by atoms with Crippen LogP contribution in [0.4, 0.5) is 5.69 Å². The van der Waals surface area contributed by atoms with E-state index in [2.05, 4.69) is 21.2 Å². The van der Waals surface area contributed by atoms with E-state index in [-0.39, 0.29) is 4.90 Å². The van der Waals surface area contributed by atoms with E-state index >= 15 is 0 Å². The summed E-state index contributed by atoms with van der Waals surface area (Å²) in [4.78, 5) is 0.121. The molecule has 0 spiro atoms. The van der Waals surface area contributed by atoms with Gasteiger partial charge < -0.3 is 5.32 Å². The number of hydrogen-bond donors (Lipinski definition) is 2. The van der Waals surface area contributed by atoms with Gasteiger partial charge in [0.2, 0.25) is 10.0 Å². The molecule has 1 aromatic carbocycles. The summed E-state index contributed by atoms with van der Waals surface area (Å²) in [6.07, 6.45) is 2.34. The van der Waals surface area contributed by atoms with Crippen LogP contribution in [0.2, 0.25) is 0 Å². The Labute approximate surface area is 97.0 Å². The Morgan fingerprint density at radius 3 is 2.53 bits per heavy atom. The molecule has 6 heteroatoms. The minimum Gasteiger partial charge on any atom is -0.381 e. The predicted molar refractivity (Wildman–Crippen MR) is 62.2 cm³/mol. The Balaban J connectivity index is 2.29. The third kappa shape index (κ3) is 2.70. The molecule has 15 heavy (non-hydrogen) atoms. The Kier molecular flexibility index (Phi) is 2.74. The number of rotatable bonds is 3. The van der Waals surface area contributed by atoms with Crippen molar-refractivity contribution in [2.45, 2.75) is 23.8 Å². The van der Waals surface area contributed by atoms with Crippen LogP contribution in [-0.2, 0) is 10.0 Å². The van der Waals surface area contributed by atoms with E-state index in [9.17, 15) is 8.42 Å². The van der Waals surface area contributed by atoms with Crippen LogP contribution in [0, 0.1) is 0 Å². The third-order valence-electron chi connectivity index (χ3n) is 2.21. The monoisotopic (exact) mass is 290 g/mol. The smallest absolute Gasteiger partial charge is 0.238 e. The summed E-state index contributed by atoms with van der Waals surface area (Å²) in [5, 5.41) is 8.30. The first-order chi connectivity index (χ1) is 6.97. The third-order valence-corrected chi connectivity index (χ3v) is 3.77. The Hall–Kier alpha value is -0.590. The van der Waals surface area contributed by atoms with Crippen LogP contribution < -0.4 is 10.5 Å². The van der Waals surface area contributed by atoms with Gasteiger partial charge in [0, 0.05) is 16.2 Å². The van der Waals surface area contributed by atoms with Gasteiger partial charge in [-0.15, -0.1) is 0 Å². The second kappa shape index (κ2) is 3.77. The zero-order valence-electron chi connectivity index (χ0n) is 7.90. The van der Waals surface area contributed by atoms with Gasteiger partial charge >= 0.3 is 0 Å². The molecule has 1 fully saturated rings. The fourth-order valence-corrected chi connectivity index (χ4v) is 2.42. The van der Waals surface area contributed by atoms with Gasteiger partial charge in [0.25, 0.3) is 0 Å². The van der Waals surface area contributed by atoms with Crippen molar-refractivity contribution in [3.05, 3.63) is 22.7 Å². The van der Waals surface area contributed by atoms with Crippen molar-refractivity contribution in [3.63, 3.8) is 0 Å². The van der Waals surface area contributed by atoms with Crippen molar-refractivity contribution in [1.82, 2.24) is 0 Å². The number of primary sulfonamides is 1. The number of halogens is 1. The molecule has 0 saturated heterocycles. The molecule has 0 heterocycles. The topological polar surface area (TPSA) is 72.2 Å². The van der Waals surface area contributed by atoms with E-state index in [4.69, 9.17) is 5.14 Å². The Morgan fingerprint density at radius 2 is 2.07 bits per heavy atom. The number of anilines is 1. The molecule has 0 amide bonds. The molecule has 0 radical (unpaired) electrons. The first-order valence-electron chi connectivity index (χ1n) is 4.56. The maximum absolute atomic E-state index is 11.1. The molecule has 2 rings (SSSR count). The van der Waals surface area contributed by atoms with Crippen LogP contribution in [0.15, 0.2) is 27.6 Å². The number of nitrogens with two attached hydrogens (primary N) is 1. The molecule has 0 bridgehead atoms. The zero-order valence-corrected chi connectivity index (χ0v) is 10.3. The summed E-state index contributed by atoms with van der Waals surface area (Å²) in [7, 11) is -3.61. The van der Waals surface area contributed by atoms with Crippen molar-refractivity contribution in [1.29, 1.82) is 0 Å². The van der Waals surface area contributed by atoms with Crippen molar-refractivity contribution in [2.24, 2.45) is 5.14 Å². The van der Waals surface area contributed by atoms with E-state index in [0.717, 1.165) is 10.2 Å². The van der Waals surface area contributed by atoms with E-state index in [1.54, 1.807) is 6.07 Å². The fraction of sp³-hybridized carbons (Fsp3) is 0.333. The van der Waals surface area contributed by atoms with Crippen LogP contribution >= 0.6 is 15.9 Å². The molecular weight excluding hydrogens is 280 g/mol. The molecule has 0 aromatic heterocycles. The molecule has 1 saturated carbocycles. The minimum absolute atomic E-state index is 0.121. The van der Waals surface area contributed by atoms with Crippen molar-refractivity contribution >= 4 is 31.6 Å². The molecule has 82 valence electrons. The van der Waals surface area contributed by atoms with Gasteiger partial charge in [-0.25, -0.2) is 13.6 Å². The average Bonchev–Trinajstić information content (AvgIpc) is 2.90. The molecule has 0 unspecified atom stereocenters. The van der Waals surface area contributed by atoms with E-state index in [1.165, 1.54) is 25.0 Å². The van der Waals surface area contributed by atoms with Gasteiger partial charge in [0.15, 0.2) is 0 Å². The van der Waals surface area contributed by atoms with Crippen LogP contribution in [0.1, 0.15) is 12.8 Å². The fourth-order valence-electron chi connectivity index (χ4n) is 1.24. The number of nitrogens with one attached hydrogen (secondary N) is 1. The second-order valence-electron chi connectivity index (χ2n) is 3.61. The summed E-state index contributed by atoms with van der Waals surface area (Å²) < 4.78 is 22.9. The van der Waals surface area contributed by atoms with Crippen molar-refractivity contribution in [2.75, 3.05) is 5.32 Å². The molecule has 1 aliphatic rings. The highest BCUT2D eigenvalue weighted by Crippen LogP contribution is 2.30. The number of sulfonamides is 1. The molecule has 0 aliphatic heterocycles. The summed E-state index contributed by atoms with van der Waals surface area (Å²) >= 11 is 3.31. The number of hydrogen-bond acceptors (Lipinski definition) is 3. The molecular formula is C9H11BrN2O2S. The lowest BCUT2D eigenvalue weighted by Crippen LogP contribution is -2.12. The number of benzene rings is 1. The van der Waals surface area contributed by atoms with Gasteiger partial charge in [0.1, 0.15) is 0 Å². The highest BCUT2D eigenvalue weighted by Gasteiger charge is 2.22. The van der Waals surface area contributed by atoms with Crippen molar-refractivity contribution < 1.29 is 8.42 Å². The molecule has 1 aliphatic carbocycles. The SMILES string of the molecule is NS(=O)(=O)c1ccc(NC2CC2)c(Br)c1. The van der Waals surface area contributed by atoms with Gasteiger partial charge in [0.05, 0.1) is 4.90 Å². The van der Waals surface area contributed by atoms with Crippen LogP contribution in [-0.4, -0.2) is 14.5 Å². The molecule has 3 N–H and O–H groups in total.